The molecule has 1 N–H and O–H groups in total. The Balaban J connectivity index is 2.11. The van der Waals surface area contributed by atoms with Gasteiger partial charge in [0.25, 0.3) is 5.91 Å². The van der Waals surface area contributed by atoms with Crippen LogP contribution in [0.2, 0.25) is 10.0 Å². The van der Waals surface area contributed by atoms with E-state index in [4.69, 9.17) is 32.4 Å². The molecule has 1 heterocycles. The Morgan fingerprint density at radius 3 is 2.55 bits per heavy atom. The summed E-state index contributed by atoms with van der Waals surface area (Å²) in [6.07, 6.45) is 0.787. The van der Waals surface area contributed by atoms with E-state index in [1.807, 2.05) is 45.0 Å². The number of carbonyl (C=O) groups is 1. The van der Waals surface area contributed by atoms with E-state index in [-0.39, 0.29) is 46.1 Å². The van der Waals surface area contributed by atoms with Crippen LogP contribution in [0.25, 0.3) is 22.3 Å². The molecule has 5 nitrogen and oxygen atoms in total. The maximum absolute atomic E-state index is 13.2. The number of benzene rings is 2. The summed E-state index contributed by atoms with van der Waals surface area (Å²) in [5, 5.41) is 3.52. The van der Waals surface area contributed by atoms with Crippen LogP contribution >= 0.6 is 23.2 Å². The summed E-state index contributed by atoms with van der Waals surface area (Å²) in [6, 6.07) is 10.4. The van der Waals surface area contributed by atoms with Gasteiger partial charge in [0, 0.05) is 16.6 Å². The van der Waals surface area contributed by atoms with Crippen LogP contribution < -0.4 is 15.5 Å². The molecule has 152 valence electrons. The summed E-state index contributed by atoms with van der Waals surface area (Å²) in [4.78, 5) is 25.3. The van der Waals surface area contributed by atoms with E-state index >= 15 is 0 Å². The number of halogens is 2. The maximum atomic E-state index is 13.2. The minimum Gasteiger partial charge on any atom is -0.476 e. The third-order valence-corrected chi connectivity index (χ3v) is 5.05. The molecule has 1 unspecified atom stereocenters. The van der Waals surface area contributed by atoms with Crippen LogP contribution in [0.1, 0.15) is 25.8 Å². The predicted molar refractivity (Wildman–Crippen MR) is 116 cm³/mol. The molecule has 3 rings (SSSR count). The molecule has 1 amide bonds. The van der Waals surface area contributed by atoms with Crippen molar-refractivity contribution in [3.8, 4) is 17.1 Å². The van der Waals surface area contributed by atoms with Crippen LogP contribution in [-0.4, -0.2) is 18.6 Å². The zero-order chi connectivity index (χ0) is 21.1. The summed E-state index contributed by atoms with van der Waals surface area (Å²) in [7, 11) is 0. The second kappa shape index (κ2) is 8.89. The second-order valence-electron chi connectivity index (χ2n) is 6.89. The van der Waals surface area contributed by atoms with Gasteiger partial charge in [-0.15, -0.1) is 0 Å². The third-order valence-electron chi connectivity index (χ3n) is 4.55. The summed E-state index contributed by atoms with van der Waals surface area (Å²) < 4.78 is 11.6. The predicted octanol–water partition coefficient (Wildman–Crippen LogP) is 5.37. The Morgan fingerprint density at radius 1 is 1.21 bits per heavy atom. The first-order valence-corrected chi connectivity index (χ1v) is 10.0. The summed E-state index contributed by atoms with van der Waals surface area (Å²) in [5.41, 5.74) is 1.46. The number of hydrogen-bond acceptors (Lipinski definition) is 4. The molecule has 0 saturated carbocycles. The highest BCUT2D eigenvalue weighted by Gasteiger charge is 2.21. The minimum atomic E-state index is -0.442. The minimum absolute atomic E-state index is 0.00768. The quantitative estimate of drug-likeness (QED) is 0.567. The normalized spacial score (nSPS) is 12.0. The van der Waals surface area contributed by atoms with Crippen molar-refractivity contribution in [2.45, 2.75) is 33.2 Å². The van der Waals surface area contributed by atoms with Gasteiger partial charge in [-0.2, -0.15) is 0 Å². The Bertz CT molecular complexity index is 1110. The fourth-order valence-corrected chi connectivity index (χ4v) is 3.32. The first-order valence-electron chi connectivity index (χ1n) is 9.25. The monoisotopic (exact) mass is 433 g/mol. The SMILES string of the molecule is CCC(C)NC(=O)COc1c(-c2ccc(C)cc2)oc2c(Cl)cc(Cl)cc2c1=O. The average Bonchev–Trinajstić information content (AvgIpc) is 2.68. The van der Waals surface area contributed by atoms with E-state index in [0.717, 1.165) is 12.0 Å². The molecule has 0 aliphatic heterocycles. The van der Waals surface area contributed by atoms with Gasteiger partial charge in [0.2, 0.25) is 11.2 Å². The highest BCUT2D eigenvalue weighted by atomic mass is 35.5. The summed E-state index contributed by atoms with van der Waals surface area (Å²) >= 11 is 12.3. The van der Waals surface area contributed by atoms with Gasteiger partial charge in [-0.05, 0) is 32.4 Å². The lowest BCUT2D eigenvalue weighted by atomic mass is 10.1. The van der Waals surface area contributed by atoms with E-state index in [9.17, 15) is 9.59 Å². The van der Waals surface area contributed by atoms with Crippen LogP contribution in [0.15, 0.2) is 45.6 Å². The molecule has 0 aliphatic rings. The Labute approximate surface area is 178 Å². The summed E-state index contributed by atoms with van der Waals surface area (Å²) in [5.74, 6) is -0.167. The Kier molecular flexibility index (Phi) is 6.50. The van der Waals surface area contributed by atoms with Crippen molar-refractivity contribution >= 4 is 40.1 Å². The van der Waals surface area contributed by atoms with Crippen molar-refractivity contribution in [2.75, 3.05) is 6.61 Å². The van der Waals surface area contributed by atoms with Gasteiger partial charge < -0.3 is 14.5 Å². The first-order chi connectivity index (χ1) is 13.8. The Hall–Kier alpha value is -2.50. The third kappa shape index (κ3) is 4.74. The van der Waals surface area contributed by atoms with Gasteiger partial charge >= 0.3 is 0 Å². The fourth-order valence-electron chi connectivity index (χ4n) is 2.79. The average molecular weight is 434 g/mol. The second-order valence-corrected chi connectivity index (χ2v) is 7.73. The topological polar surface area (TPSA) is 68.5 Å². The van der Waals surface area contributed by atoms with Gasteiger partial charge in [0.1, 0.15) is 0 Å². The molecular formula is C22H21Cl2NO4. The molecule has 0 bridgehead atoms. The number of rotatable bonds is 6. The zero-order valence-electron chi connectivity index (χ0n) is 16.3. The van der Waals surface area contributed by atoms with Gasteiger partial charge in [0.15, 0.2) is 18.0 Å². The van der Waals surface area contributed by atoms with Crippen LogP contribution in [0, 0.1) is 6.92 Å². The van der Waals surface area contributed by atoms with Crippen molar-refractivity contribution in [1.29, 1.82) is 0 Å². The maximum Gasteiger partial charge on any atom is 0.258 e. The molecule has 0 saturated heterocycles. The van der Waals surface area contributed by atoms with E-state index in [0.29, 0.717) is 10.6 Å². The van der Waals surface area contributed by atoms with Crippen LogP contribution in [0.4, 0.5) is 0 Å². The molecule has 7 heteroatoms. The van der Waals surface area contributed by atoms with Crippen molar-refractivity contribution in [3.05, 3.63) is 62.2 Å². The number of carbonyl (C=O) groups excluding carboxylic acids is 1. The van der Waals surface area contributed by atoms with E-state index in [1.165, 1.54) is 12.1 Å². The van der Waals surface area contributed by atoms with Gasteiger partial charge in [-0.3, -0.25) is 9.59 Å². The molecule has 0 fully saturated rings. The molecule has 0 aliphatic carbocycles. The standard InChI is InChI=1S/C22H21Cl2NO4/c1-4-13(3)25-18(26)11-28-22-19(27)16-9-15(23)10-17(24)21(16)29-20(22)14-7-5-12(2)6-8-14/h5-10,13H,4,11H2,1-3H3,(H,25,26). The smallest absolute Gasteiger partial charge is 0.258 e. The first kappa shape index (κ1) is 21.2. The van der Waals surface area contributed by atoms with E-state index in [1.54, 1.807) is 0 Å². The number of hydrogen-bond donors (Lipinski definition) is 1. The van der Waals surface area contributed by atoms with Crippen molar-refractivity contribution in [1.82, 2.24) is 5.32 Å². The molecular weight excluding hydrogens is 413 g/mol. The molecule has 1 atom stereocenters. The van der Waals surface area contributed by atoms with Crippen LogP contribution in [0.3, 0.4) is 0 Å². The van der Waals surface area contributed by atoms with Gasteiger partial charge in [-0.25, -0.2) is 0 Å². The number of amides is 1. The van der Waals surface area contributed by atoms with Crippen LogP contribution in [-0.2, 0) is 4.79 Å². The van der Waals surface area contributed by atoms with Gasteiger partial charge in [-0.1, -0.05) is 60.0 Å². The number of nitrogens with one attached hydrogen (secondary N) is 1. The largest absolute Gasteiger partial charge is 0.476 e. The zero-order valence-corrected chi connectivity index (χ0v) is 17.9. The van der Waals surface area contributed by atoms with Crippen molar-refractivity contribution < 1.29 is 13.9 Å². The van der Waals surface area contributed by atoms with Gasteiger partial charge in [0.05, 0.1) is 10.4 Å². The Morgan fingerprint density at radius 2 is 1.90 bits per heavy atom. The number of aryl methyl sites for hydroxylation is 1. The number of fused-ring (bicyclic) bond motifs is 1. The molecule has 0 spiro atoms. The highest BCUT2D eigenvalue weighted by Crippen LogP contribution is 2.35. The highest BCUT2D eigenvalue weighted by molar-refractivity contribution is 6.38. The van der Waals surface area contributed by atoms with Crippen LogP contribution in [0.5, 0.6) is 5.75 Å². The fraction of sp³-hybridized carbons (Fsp3) is 0.273. The molecule has 3 aromatic rings. The lowest BCUT2D eigenvalue weighted by molar-refractivity contribution is -0.123. The lowest BCUT2D eigenvalue weighted by Gasteiger charge is -2.14. The number of ether oxygens (including phenoxy) is 1. The van der Waals surface area contributed by atoms with E-state index in [2.05, 4.69) is 5.32 Å². The molecule has 29 heavy (non-hydrogen) atoms. The van der Waals surface area contributed by atoms with Crippen molar-refractivity contribution in [3.63, 3.8) is 0 Å². The van der Waals surface area contributed by atoms with E-state index < -0.39 is 5.43 Å². The molecule has 2 aromatic carbocycles. The van der Waals surface area contributed by atoms with Crippen molar-refractivity contribution in [2.24, 2.45) is 0 Å². The lowest BCUT2D eigenvalue weighted by Crippen LogP contribution is -2.36. The molecule has 0 radical (unpaired) electrons. The summed E-state index contributed by atoms with van der Waals surface area (Å²) in [6.45, 7) is 5.50. The molecule has 1 aromatic heterocycles.